The van der Waals surface area contributed by atoms with E-state index in [1.54, 1.807) is 0 Å². The zero-order chi connectivity index (χ0) is 15.0. The Morgan fingerprint density at radius 2 is 1.28 bits per heavy atom. The third-order valence-corrected chi connectivity index (χ3v) is 3.75. The summed E-state index contributed by atoms with van der Waals surface area (Å²) in [5.74, 6) is -4.93. The van der Waals surface area contributed by atoms with Crippen molar-refractivity contribution in [2.24, 2.45) is 0 Å². The molecule has 1 nitrogen and oxygen atoms in total. The highest BCUT2D eigenvalue weighted by molar-refractivity contribution is 9.12. The molecule has 0 saturated carbocycles. The zero-order valence-electron chi connectivity index (χ0n) is 7.85. The van der Waals surface area contributed by atoms with Gasteiger partial charge < -0.3 is 4.74 Å². The maximum absolute atomic E-state index is 13.1. The Kier molecular flexibility index (Phi) is 5.43. The molecule has 2 unspecified atom stereocenters. The van der Waals surface area contributed by atoms with Gasteiger partial charge in [0.1, 0.15) is 6.61 Å². The largest absolute Gasteiger partial charge is 0.439 e. The topological polar surface area (TPSA) is 9.23 Å². The normalized spacial score (nSPS) is 20.7. The van der Waals surface area contributed by atoms with Crippen molar-refractivity contribution in [3.63, 3.8) is 0 Å². The second-order valence-electron chi connectivity index (χ2n) is 2.94. The first kappa shape index (κ1) is 18.3. The summed E-state index contributed by atoms with van der Waals surface area (Å²) in [5, 5.41) is 0. The van der Waals surface area contributed by atoms with Gasteiger partial charge in [-0.05, 0) is 31.9 Å². The quantitative estimate of drug-likeness (QED) is 0.467. The second-order valence-corrected chi connectivity index (χ2v) is 5.05. The van der Waals surface area contributed by atoms with Crippen LogP contribution in [0.3, 0.4) is 0 Å². The van der Waals surface area contributed by atoms with Gasteiger partial charge in [-0.15, -0.1) is 0 Å². The molecule has 0 radical (unpaired) electrons. The number of hydrogen-bond acceptors (Lipinski definition) is 1. The Labute approximate surface area is 111 Å². The van der Waals surface area contributed by atoms with Crippen molar-refractivity contribution < 1.29 is 44.3 Å². The SMILES string of the molecule is FC(F)C(F)(F)COC(F)(Br)C(F)(Br)C(F)(F)F. The third-order valence-electron chi connectivity index (χ3n) is 1.49. The van der Waals surface area contributed by atoms with Crippen LogP contribution in [-0.4, -0.2) is 34.5 Å². The van der Waals surface area contributed by atoms with Crippen LogP contribution in [-0.2, 0) is 4.74 Å². The molecule has 0 fully saturated rings. The summed E-state index contributed by atoms with van der Waals surface area (Å²) >= 11 is 2.69. The summed E-state index contributed by atoms with van der Waals surface area (Å²) in [6.07, 6.45) is -10.2. The second kappa shape index (κ2) is 5.35. The van der Waals surface area contributed by atoms with Gasteiger partial charge in [-0.25, -0.2) is 13.2 Å². The molecule has 0 saturated heterocycles. The minimum atomic E-state index is -5.88. The molecule has 0 amide bonds. The average Bonchev–Trinajstić information content (AvgIpc) is 2.12. The van der Waals surface area contributed by atoms with Crippen LogP contribution in [0, 0.1) is 0 Å². The molecule has 0 aromatic rings. The van der Waals surface area contributed by atoms with Gasteiger partial charge >= 0.3 is 27.9 Å². The molecular formula is C6H3Br2F9O. The van der Waals surface area contributed by atoms with Crippen molar-refractivity contribution in [3.05, 3.63) is 0 Å². The van der Waals surface area contributed by atoms with Gasteiger partial charge in [0, 0.05) is 0 Å². The summed E-state index contributed by atoms with van der Waals surface area (Å²) in [7, 11) is 0. The van der Waals surface area contributed by atoms with Crippen LogP contribution in [0.15, 0.2) is 0 Å². The Balaban J connectivity index is 4.88. The number of ether oxygens (including phenoxy) is 1. The molecule has 0 aliphatic rings. The lowest BCUT2D eigenvalue weighted by molar-refractivity contribution is -0.277. The summed E-state index contributed by atoms with van der Waals surface area (Å²) in [6.45, 7) is -2.46. The van der Waals surface area contributed by atoms with Gasteiger partial charge in [-0.1, -0.05) is 0 Å². The molecule has 0 N–H and O–H groups in total. The van der Waals surface area contributed by atoms with E-state index in [9.17, 15) is 39.5 Å². The lowest BCUT2D eigenvalue weighted by Gasteiger charge is -2.32. The van der Waals surface area contributed by atoms with Gasteiger partial charge in [0.2, 0.25) is 0 Å². The molecule has 0 heterocycles. The summed E-state index contributed by atoms with van der Waals surface area (Å²) in [5.41, 5.74) is 0. The Hall–Kier alpha value is 0.290. The van der Waals surface area contributed by atoms with E-state index in [0.29, 0.717) is 0 Å². The van der Waals surface area contributed by atoms with E-state index in [4.69, 9.17) is 0 Å². The fourth-order valence-electron chi connectivity index (χ4n) is 0.505. The molecule has 0 spiro atoms. The first-order valence-corrected chi connectivity index (χ1v) is 5.36. The van der Waals surface area contributed by atoms with E-state index in [-0.39, 0.29) is 0 Å². The van der Waals surface area contributed by atoms with Crippen LogP contribution in [0.25, 0.3) is 0 Å². The monoisotopic (exact) mass is 420 g/mol. The maximum Gasteiger partial charge on any atom is 0.439 e. The molecule has 0 aliphatic heterocycles. The van der Waals surface area contributed by atoms with Crippen LogP contribution in [0.4, 0.5) is 39.5 Å². The zero-order valence-corrected chi connectivity index (χ0v) is 11.0. The Bertz CT molecular complexity index is 287. The lowest BCUT2D eigenvalue weighted by Crippen LogP contribution is -2.52. The molecule has 12 heteroatoms. The van der Waals surface area contributed by atoms with E-state index >= 15 is 0 Å². The van der Waals surface area contributed by atoms with Crippen LogP contribution >= 0.6 is 31.9 Å². The fraction of sp³-hybridized carbons (Fsp3) is 1.00. The molecular weight excluding hydrogens is 419 g/mol. The highest BCUT2D eigenvalue weighted by Crippen LogP contribution is 2.52. The standard InChI is InChI=1S/C6H3Br2F9O/c7-4(13,6(15,16)17)5(8,14)18-1-3(11,12)2(9)10/h2H,1H2. The van der Waals surface area contributed by atoms with Crippen molar-refractivity contribution in [3.8, 4) is 0 Å². The van der Waals surface area contributed by atoms with E-state index in [1.807, 2.05) is 0 Å². The molecule has 0 aromatic carbocycles. The van der Waals surface area contributed by atoms with Crippen LogP contribution in [0.5, 0.6) is 0 Å². The first-order chi connectivity index (χ1) is 7.65. The van der Waals surface area contributed by atoms with Crippen molar-refractivity contribution in [1.82, 2.24) is 0 Å². The molecule has 0 bridgehead atoms. The van der Waals surface area contributed by atoms with Gasteiger partial charge in [-0.2, -0.15) is 26.3 Å². The van der Waals surface area contributed by atoms with Gasteiger partial charge in [0.15, 0.2) is 0 Å². The molecule has 2 atom stereocenters. The van der Waals surface area contributed by atoms with Crippen LogP contribution in [0.1, 0.15) is 0 Å². The van der Waals surface area contributed by atoms with E-state index in [0.717, 1.165) is 0 Å². The minimum Gasteiger partial charge on any atom is -0.327 e. The van der Waals surface area contributed by atoms with Crippen LogP contribution < -0.4 is 0 Å². The molecule has 0 aliphatic carbocycles. The van der Waals surface area contributed by atoms with Crippen molar-refractivity contribution >= 4 is 31.9 Å². The molecule has 18 heavy (non-hydrogen) atoms. The minimum absolute atomic E-state index is 1.26. The van der Waals surface area contributed by atoms with E-state index in [2.05, 4.69) is 4.74 Å². The fourth-order valence-corrected chi connectivity index (χ4v) is 0.959. The molecule has 110 valence electrons. The van der Waals surface area contributed by atoms with Gasteiger partial charge in [0.25, 0.3) is 0 Å². The molecule has 0 aromatic heterocycles. The van der Waals surface area contributed by atoms with E-state index in [1.165, 1.54) is 31.9 Å². The Morgan fingerprint density at radius 1 is 0.889 bits per heavy atom. The van der Waals surface area contributed by atoms with Crippen molar-refractivity contribution in [1.29, 1.82) is 0 Å². The first-order valence-electron chi connectivity index (χ1n) is 3.77. The summed E-state index contributed by atoms with van der Waals surface area (Å²) < 4.78 is 104. The smallest absolute Gasteiger partial charge is 0.327 e. The summed E-state index contributed by atoms with van der Waals surface area (Å²) in [6, 6.07) is 0. The predicted molar refractivity (Wildman–Crippen MR) is 48.5 cm³/mol. The lowest BCUT2D eigenvalue weighted by atomic mass is 10.3. The highest BCUT2D eigenvalue weighted by atomic mass is 79.9. The summed E-state index contributed by atoms with van der Waals surface area (Å²) in [4.78, 5) is 0. The van der Waals surface area contributed by atoms with Crippen molar-refractivity contribution in [2.45, 2.75) is 27.9 Å². The van der Waals surface area contributed by atoms with Gasteiger partial charge in [0.05, 0.1) is 0 Å². The highest BCUT2D eigenvalue weighted by Gasteiger charge is 2.69. The van der Waals surface area contributed by atoms with Gasteiger partial charge in [-0.3, -0.25) is 0 Å². The number of halogens is 11. The average molecular weight is 422 g/mol. The predicted octanol–water partition coefficient (Wildman–Crippen LogP) is 4.54. The Morgan fingerprint density at radius 3 is 1.56 bits per heavy atom. The number of rotatable bonds is 5. The van der Waals surface area contributed by atoms with Crippen molar-refractivity contribution in [2.75, 3.05) is 6.61 Å². The maximum atomic E-state index is 13.1. The van der Waals surface area contributed by atoms with E-state index < -0.39 is 34.5 Å². The number of alkyl halides is 11. The number of hydrogen-bond donors (Lipinski definition) is 0. The molecule has 0 rings (SSSR count). The third kappa shape index (κ3) is 3.89. The van der Waals surface area contributed by atoms with Crippen LogP contribution in [0.2, 0.25) is 0 Å².